The molecule has 1 N–H and O–H groups in total. The standard InChI is InChI=1S/C19H21ClFN3O2/c1-26-18-7-2-14(20)12-17(18)22-19(25)13-23-8-10-24(11-9-23)16-5-3-15(21)4-6-16/h2-7,12H,8-11,13H2,1H3,(H,22,25). The van der Waals surface area contributed by atoms with Crippen LogP contribution < -0.4 is 15.0 Å². The molecular formula is C19H21ClFN3O2. The third-order valence-electron chi connectivity index (χ3n) is 4.37. The van der Waals surface area contributed by atoms with Gasteiger partial charge < -0.3 is 15.0 Å². The van der Waals surface area contributed by atoms with Crippen LogP contribution in [0.3, 0.4) is 0 Å². The maximum absolute atomic E-state index is 13.0. The summed E-state index contributed by atoms with van der Waals surface area (Å²) in [5, 5.41) is 3.39. The van der Waals surface area contributed by atoms with Gasteiger partial charge in [0.2, 0.25) is 5.91 Å². The van der Waals surface area contributed by atoms with Crippen molar-refractivity contribution in [3.63, 3.8) is 0 Å². The number of nitrogens with one attached hydrogen (secondary N) is 1. The molecule has 0 unspecified atom stereocenters. The normalized spacial score (nSPS) is 15.0. The fourth-order valence-corrected chi connectivity index (χ4v) is 3.16. The molecule has 0 saturated carbocycles. The average molecular weight is 378 g/mol. The van der Waals surface area contributed by atoms with Gasteiger partial charge in [-0.2, -0.15) is 0 Å². The molecule has 3 rings (SSSR count). The van der Waals surface area contributed by atoms with E-state index in [9.17, 15) is 9.18 Å². The van der Waals surface area contributed by atoms with Crippen molar-refractivity contribution in [3.05, 3.63) is 53.3 Å². The van der Waals surface area contributed by atoms with Crippen molar-refractivity contribution in [1.82, 2.24) is 4.90 Å². The van der Waals surface area contributed by atoms with E-state index in [0.717, 1.165) is 31.9 Å². The van der Waals surface area contributed by atoms with Gasteiger partial charge >= 0.3 is 0 Å². The molecule has 2 aromatic carbocycles. The van der Waals surface area contributed by atoms with E-state index < -0.39 is 0 Å². The third-order valence-corrected chi connectivity index (χ3v) is 4.60. The average Bonchev–Trinajstić information content (AvgIpc) is 2.63. The van der Waals surface area contributed by atoms with Crippen molar-refractivity contribution in [2.24, 2.45) is 0 Å². The largest absolute Gasteiger partial charge is 0.495 e. The van der Waals surface area contributed by atoms with Crippen LogP contribution in [0.15, 0.2) is 42.5 Å². The predicted octanol–water partition coefficient (Wildman–Crippen LogP) is 3.25. The van der Waals surface area contributed by atoms with Crippen molar-refractivity contribution in [2.45, 2.75) is 0 Å². The van der Waals surface area contributed by atoms with Gasteiger partial charge in [0.25, 0.3) is 0 Å². The zero-order chi connectivity index (χ0) is 18.5. The highest BCUT2D eigenvalue weighted by atomic mass is 35.5. The molecule has 1 fully saturated rings. The van der Waals surface area contributed by atoms with Crippen LogP contribution in [0.4, 0.5) is 15.8 Å². The predicted molar refractivity (Wildman–Crippen MR) is 102 cm³/mol. The molecular weight excluding hydrogens is 357 g/mol. The van der Waals surface area contributed by atoms with Gasteiger partial charge in [-0.15, -0.1) is 0 Å². The van der Waals surface area contributed by atoms with E-state index in [1.165, 1.54) is 12.1 Å². The highest BCUT2D eigenvalue weighted by Gasteiger charge is 2.20. The van der Waals surface area contributed by atoms with Gasteiger partial charge in [-0.25, -0.2) is 4.39 Å². The number of rotatable bonds is 5. The fraction of sp³-hybridized carbons (Fsp3) is 0.316. The molecule has 0 bridgehead atoms. The Hall–Kier alpha value is -2.31. The Morgan fingerprint density at radius 3 is 2.50 bits per heavy atom. The van der Waals surface area contributed by atoms with Gasteiger partial charge in [-0.1, -0.05) is 11.6 Å². The lowest BCUT2D eigenvalue weighted by molar-refractivity contribution is -0.117. The Kier molecular flexibility index (Phi) is 5.96. The van der Waals surface area contributed by atoms with Gasteiger partial charge in [0.05, 0.1) is 19.3 Å². The SMILES string of the molecule is COc1ccc(Cl)cc1NC(=O)CN1CCN(c2ccc(F)cc2)CC1. The minimum Gasteiger partial charge on any atom is -0.495 e. The number of ether oxygens (including phenoxy) is 1. The molecule has 5 nitrogen and oxygen atoms in total. The molecule has 0 atom stereocenters. The first-order valence-electron chi connectivity index (χ1n) is 8.41. The Morgan fingerprint density at radius 2 is 1.85 bits per heavy atom. The van der Waals surface area contributed by atoms with Crippen LogP contribution in [0.2, 0.25) is 5.02 Å². The van der Waals surface area contributed by atoms with Crippen molar-refractivity contribution in [3.8, 4) is 5.75 Å². The van der Waals surface area contributed by atoms with Gasteiger partial charge in [0.15, 0.2) is 0 Å². The van der Waals surface area contributed by atoms with Crippen LogP contribution in [-0.4, -0.2) is 50.6 Å². The quantitative estimate of drug-likeness (QED) is 0.868. The maximum atomic E-state index is 13.0. The van der Waals surface area contributed by atoms with E-state index >= 15 is 0 Å². The van der Waals surface area contributed by atoms with Crippen LogP contribution >= 0.6 is 11.6 Å². The number of halogens is 2. The summed E-state index contributed by atoms with van der Waals surface area (Å²) in [5.41, 5.74) is 1.56. The second-order valence-electron chi connectivity index (χ2n) is 6.13. The summed E-state index contributed by atoms with van der Waals surface area (Å²) in [6.07, 6.45) is 0. The zero-order valence-electron chi connectivity index (χ0n) is 14.5. The van der Waals surface area contributed by atoms with Crippen molar-refractivity contribution in [2.75, 3.05) is 50.1 Å². The number of methoxy groups -OCH3 is 1. The first-order chi connectivity index (χ1) is 12.5. The van der Waals surface area contributed by atoms with Crippen molar-refractivity contribution >= 4 is 28.9 Å². The number of carbonyl (C=O) groups excluding carboxylic acids is 1. The summed E-state index contributed by atoms with van der Waals surface area (Å²) in [7, 11) is 1.55. The number of hydrogen-bond acceptors (Lipinski definition) is 4. The topological polar surface area (TPSA) is 44.8 Å². The molecule has 138 valence electrons. The number of piperazine rings is 1. The Balaban J connectivity index is 1.52. The van der Waals surface area contributed by atoms with E-state index in [0.29, 0.717) is 23.0 Å². The number of nitrogens with zero attached hydrogens (tertiary/aromatic N) is 2. The molecule has 2 aromatic rings. The summed E-state index contributed by atoms with van der Waals surface area (Å²) in [4.78, 5) is 16.6. The summed E-state index contributed by atoms with van der Waals surface area (Å²) in [6, 6.07) is 11.6. The monoisotopic (exact) mass is 377 g/mol. The molecule has 0 spiro atoms. The molecule has 1 amide bonds. The van der Waals surface area contributed by atoms with Gasteiger partial charge in [0.1, 0.15) is 11.6 Å². The van der Waals surface area contributed by atoms with Gasteiger partial charge in [0, 0.05) is 36.9 Å². The molecule has 1 aliphatic heterocycles. The van der Waals surface area contributed by atoms with Crippen LogP contribution in [0.25, 0.3) is 0 Å². The first kappa shape index (κ1) is 18.5. The summed E-state index contributed by atoms with van der Waals surface area (Å²) >= 11 is 5.99. The summed E-state index contributed by atoms with van der Waals surface area (Å²) < 4.78 is 18.3. The van der Waals surface area contributed by atoms with Gasteiger partial charge in [-0.3, -0.25) is 9.69 Å². The summed E-state index contributed by atoms with van der Waals surface area (Å²) in [6.45, 7) is 3.40. The minimum atomic E-state index is -0.236. The number of hydrogen-bond donors (Lipinski definition) is 1. The highest BCUT2D eigenvalue weighted by molar-refractivity contribution is 6.31. The molecule has 1 heterocycles. The molecule has 0 radical (unpaired) electrons. The maximum Gasteiger partial charge on any atom is 0.238 e. The van der Waals surface area contributed by atoms with Crippen molar-refractivity contribution in [1.29, 1.82) is 0 Å². The number of benzene rings is 2. The van der Waals surface area contributed by atoms with E-state index in [4.69, 9.17) is 16.3 Å². The number of amides is 1. The van der Waals surface area contributed by atoms with E-state index in [1.54, 1.807) is 37.4 Å². The van der Waals surface area contributed by atoms with E-state index in [2.05, 4.69) is 15.1 Å². The minimum absolute atomic E-state index is 0.110. The van der Waals surface area contributed by atoms with Gasteiger partial charge in [-0.05, 0) is 42.5 Å². The van der Waals surface area contributed by atoms with Crippen LogP contribution in [-0.2, 0) is 4.79 Å². The molecule has 0 aromatic heterocycles. The molecule has 1 aliphatic rings. The summed E-state index contributed by atoms with van der Waals surface area (Å²) in [5.74, 6) is 0.227. The fourth-order valence-electron chi connectivity index (χ4n) is 2.99. The Morgan fingerprint density at radius 1 is 1.15 bits per heavy atom. The van der Waals surface area contributed by atoms with Crippen molar-refractivity contribution < 1.29 is 13.9 Å². The second-order valence-corrected chi connectivity index (χ2v) is 6.57. The van der Waals surface area contributed by atoms with Crippen LogP contribution in [0.5, 0.6) is 5.75 Å². The molecule has 7 heteroatoms. The lowest BCUT2D eigenvalue weighted by atomic mass is 10.2. The number of carbonyl (C=O) groups is 1. The lowest BCUT2D eigenvalue weighted by Gasteiger charge is -2.35. The van der Waals surface area contributed by atoms with Crippen LogP contribution in [0, 0.1) is 5.82 Å². The molecule has 0 aliphatic carbocycles. The smallest absolute Gasteiger partial charge is 0.238 e. The second kappa shape index (κ2) is 8.38. The number of anilines is 2. The lowest BCUT2D eigenvalue weighted by Crippen LogP contribution is -2.48. The van der Waals surface area contributed by atoms with E-state index in [-0.39, 0.29) is 11.7 Å². The Bertz CT molecular complexity index is 762. The Labute approximate surface area is 157 Å². The van der Waals surface area contributed by atoms with Crippen LogP contribution in [0.1, 0.15) is 0 Å². The molecule has 1 saturated heterocycles. The zero-order valence-corrected chi connectivity index (χ0v) is 15.3. The van der Waals surface area contributed by atoms with E-state index in [1.807, 2.05) is 0 Å². The first-order valence-corrected chi connectivity index (χ1v) is 8.79. The highest BCUT2D eigenvalue weighted by Crippen LogP contribution is 2.27. The third kappa shape index (κ3) is 4.65. The molecule has 26 heavy (non-hydrogen) atoms.